The first-order valence-corrected chi connectivity index (χ1v) is 9.04. The molecule has 27 heavy (non-hydrogen) atoms. The summed E-state index contributed by atoms with van der Waals surface area (Å²) in [6.07, 6.45) is 1.17. The smallest absolute Gasteiger partial charge is 0.363 e. The molecule has 0 unspecified atom stereocenters. The number of nitro benzene ring substituents is 2. The summed E-state index contributed by atoms with van der Waals surface area (Å²) in [5, 5.41) is 22.0. The number of carbonyl (C=O) groups excluding carboxylic acids is 1. The third-order valence-electron chi connectivity index (χ3n) is 3.50. The van der Waals surface area contributed by atoms with Crippen LogP contribution >= 0.6 is 38.5 Å². The zero-order valence-corrected chi connectivity index (χ0v) is 16.8. The summed E-state index contributed by atoms with van der Waals surface area (Å²) in [7, 11) is 0. The fourth-order valence-electron chi connectivity index (χ4n) is 2.23. The van der Waals surface area contributed by atoms with Gasteiger partial charge in [-0.3, -0.25) is 20.2 Å². The summed E-state index contributed by atoms with van der Waals surface area (Å²) in [6, 6.07) is 8.37. The minimum Gasteiger partial charge on any atom is -0.402 e. The van der Waals surface area contributed by atoms with Crippen molar-refractivity contribution < 1.29 is 19.4 Å². The molecule has 0 amide bonds. The number of hydrogen-bond acceptors (Lipinski definition) is 7. The van der Waals surface area contributed by atoms with Gasteiger partial charge < -0.3 is 4.74 Å². The maximum absolute atomic E-state index is 12.1. The third-order valence-corrected chi connectivity index (χ3v) is 5.84. The molecule has 2 aromatic rings. The predicted molar refractivity (Wildman–Crippen MR) is 107 cm³/mol. The largest absolute Gasteiger partial charge is 0.402 e. The normalized spacial score (nSPS) is 14.8. The van der Waals surface area contributed by atoms with Crippen LogP contribution in [0.5, 0.6) is 0 Å². The monoisotopic (exact) mass is 543 g/mol. The van der Waals surface area contributed by atoms with Crippen LogP contribution in [-0.2, 0) is 9.53 Å². The zero-order chi connectivity index (χ0) is 19.7. The number of ether oxygens (including phenoxy) is 1. The van der Waals surface area contributed by atoms with Crippen LogP contribution in [0.2, 0.25) is 0 Å². The van der Waals surface area contributed by atoms with E-state index in [1.165, 1.54) is 12.1 Å². The molecule has 1 aliphatic rings. The predicted octanol–water partition coefficient (Wildman–Crippen LogP) is 4.21. The summed E-state index contributed by atoms with van der Waals surface area (Å²) in [4.78, 5) is 36.7. The van der Waals surface area contributed by atoms with Crippen molar-refractivity contribution in [2.75, 3.05) is 0 Å². The van der Waals surface area contributed by atoms with Crippen LogP contribution in [0.4, 0.5) is 11.4 Å². The maximum atomic E-state index is 12.1. The Morgan fingerprint density at radius 2 is 1.85 bits per heavy atom. The highest BCUT2D eigenvalue weighted by Gasteiger charge is 2.26. The first-order valence-electron chi connectivity index (χ1n) is 7.17. The SMILES string of the molecule is O=C1OC(c2ccc(I)c(Br)c2)=N/C1=C\c1ccc([N+](=O)[O-])cc1[N+](=O)[O-]. The van der Waals surface area contributed by atoms with E-state index in [-0.39, 0.29) is 17.2 Å². The van der Waals surface area contributed by atoms with Gasteiger partial charge >= 0.3 is 5.97 Å². The second-order valence-electron chi connectivity index (χ2n) is 5.22. The topological polar surface area (TPSA) is 125 Å². The lowest BCUT2D eigenvalue weighted by atomic mass is 10.1. The first-order chi connectivity index (χ1) is 12.8. The Labute approximate surface area is 173 Å². The van der Waals surface area contributed by atoms with Gasteiger partial charge in [0.1, 0.15) is 0 Å². The van der Waals surface area contributed by atoms with Crippen molar-refractivity contribution >= 4 is 67.8 Å². The average Bonchev–Trinajstić information content (AvgIpc) is 2.98. The van der Waals surface area contributed by atoms with Crippen LogP contribution in [0.15, 0.2) is 51.6 Å². The Morgan fingerprint density at radius 1 is 1.11 bits per heavy atom. The Hall–Kier alpha value is -2.67. The molecule has 0 saturated carbocycles. The van der Waals surface area contributed by atoms with Crippen molar-refractivity contribution in [3.63, 3.8) is 0 Å². The summed E-state index contributed by atoms with van der Waals surface area (Å²) in [6.45, 7) is 0. The van der Waals surface area contributed by atoms with E-state index in [4.69, 9.17) is 4.74 Å². The number of rotatable bonds is 4. The number of hydrogen-bond donors (Lipinski definition) is 0. The summed E-state index contributed by atoms with van der Waals surface area (Å²) in [5.41, 5.74) is -0.517. The molecule has 0 N–H and O–H groups in total. The molecule has 0 radical (unpaired) electrons. The second kappa shape index (κ2) is 7.52. The number of carbonyl (C=O) groups is 1. The Balaban J connectivity index is 2.03. The van der Waals surface area contributed by atoms with Crippen LogP contribution in [-0.4, -0.2) is 21.7 Å². The van der Waals surface area contributed by atoms with Crippen molar-refractivity contribution in [2.24, 2.45) is 4.99 Å². The zero-order valence-electron chi connectivity index (χ0n) is 13.1. The van der Waals surface area contributed by atoms with E-state index in [1.807, 2.05) is 0 Å². The molecule has 2 aromatic carbocycles. The van der Waals surface area contributed by atoms with Gasteiger partial charge in [-0.2, -0.15) is 0 Å². The maximum Gasteiger partial charge on any atom is 0.363 e. The molecule has 0 fully saturated rings. The summed E-state index contributed by atoms with van der Waals surface area (Å²) in [5.74, 6) is -0.708. The van der Waals surface area contributed by atoms with Gasteiger partial charge in [0.15, 0.2) is 5.70 Å². The number of aliphatic imine (C=N–C) groups is 1. The van der Waals surface area contributed by atoms with Crippen molar-refractivity contribution in [2.45, 2.75) is 0 Å². The van der Waals surface area contributed by atoms with E-state index in [1.54, 1.807) is 18.2 Å². The van der Waals surface area contributed by atoms with Gasteiger partial charge in [-0.1, -0.05) is 0 Å². The van der Waals surface area contributed by atoms with Gasteiger partial charge in [0.05, 0.1) is 21.5 Å². The van der Waals surface area contributed by atoms with E-state index in [9.17, 15) is 25.0 Å². The summed E-state index contributed by atoms with van der Waals surface area (Å²) >= 11 is 5.50. The molecule has 3 rings (SSSR count). The lowest BCUT2D eigenvalue weighted by molar-refractivity contribution is -0.394. The molecule has 0 bridgehead atoms. The molecule has 1 aliphatic heterocycles. The molecular weight excluding hydrogens is 537 g/mol. The highest BCUT2D eigenvalue weighted by molar-refractivity contribution is 14.1. The fourth-order valence-corrected chi connectivity index (χ4v) is 2.95. The van der Waals surface area contributed by atoms with Crippen LogP contribution in [0.3, 0.4) is 0 Å². The van der Waals surface area contributed by atoms with E-state index in [0.717, 1.165) is 20.2 Å². The molecule has 0 aromatic heterocycles. The van der Waals surface area contributed by atoms with Gasteiger partial charge in [-0.25, -0.2) is 9.79 Å². The molecule has 0 aliphatic carbocycles. The van der Waals surface area contributed by atoms with Crippen LogP contribution < -0.4 is 0 Å². The van der Waals surface area contributed by atoms with Crippen LogP contribution in [0, 0.1) is 23.8 Å². The molecule has 136 valence electrons. The molecule has 0 spiro atoms. The van der Waals surface area contributed by atoms with E-state index in [0.29, 0.717) is 5.56 Å². The average molecular weight is 544 g/mol. The second-order valence-corrected chi connectivity index (χ2v) is 7.24. The first kappa shape index (κ1) is 19.1. The van der Waals surface area contributed by atoms with E-state index < -0.39 is 27.2 Å². The number of esters is 1. The number of cyclic esters (lactones) is 1. The lowest BCUT2D eigenvalue weighted by Gasteiger charge is -2.01. The Kier molecular flexibility index (Phi) is 5.32. The van der Waals surface area contributed by atoms with E-state index >= 15 is 0 Å². The molecular formula is C16H7BrIN3O6. The summed E-state index contributed by atoms with van der Waals surface area (Å²) < 4.78 is 6.88. The third kappa shape index (κ3) is 4.03. The number of halogens is 2. The minimum atomic E-state index is -0.771. The van der Waals surface area contributed by atoms with Gasteiger partial charge in [-0.05, 0) is 68.9 Å². The Morgan fingerprint density at radius 3 is 2.48 bits per heavy atom. The number of non-ortho nitro benzene ring substituents is 1. The highest BCUT2D eigenvalue weighted by atomic mass is 127. The van der Waals surface area contributed by atoms with Crippen LogP contribution in [0.1, 0.15) is 11.1 Å². The van der Waals surface area contributed by atoms with Crippen molar-refractivity contribution in [3.05, 3.63) is 81.5 Å². The number of nitrogens with zero attached hydrogens (tertiary/aromatic N) is 3. The van der Waals surface area contributed by atoms with Crippen molar-refractivity contribution in [1.29, 1.82) is 0 Å². The number of nitro groups is 2. The van der Waals surface area contributed by atoms with Gasteiger partial charge in [0, 0.05) is 19.7 Å². The Bertz CT molecular complexity index is 1070. The van der Waals surface area contributed by atoms with Crippen LogP contribution in [0.25, 0.3) is 6.08 Å². The molecule has 11 heteroatoms. The molecule has 0 saturated heterocycles. The molecule has 1 heterocycles. The standard InChI is InChI=1S/C16H7BrIN3O6/c17-11-5-9(2-4-12(11)18)15-19-13(16(22)27-15)6-8-1-3-10(20(23)24)7-14(8)21(25)26/h1-7H/b13-6-. The van der Waals surface area contributed by atoms with E-state index in [2.05, 4.69) is 43.5 Å². The van der Waals surface area contributed by atoms with Gasteiger partial charge in [0.25, 0.3) is 11.4 Å². The quantitative estimate of drug-likeness (QED) is 0.187. The lowest BCUT2D eigenvalue weighted by Crippen LogP contribution is -2.05. The van der Waals surface area contributed by atoms with Crippen molar-refractivity contribution in [1.82, 2.24) is 0 Å². The number of benzene rings is 2. The fraction of sp³-hybridized carbons (Fsp3) is 0. The van der Waals surface area contributed by atoms with Gasteiger partial charge in [0.2, 0.25) is 5.90 Å². The van der Waals surface area contributed by atoms with Gasteiger partial charge in [-0.15, -0.1) is 0 Å². The minimum absolute atomic E-state index is 0.00587. The van der Waals surface area contributed by atoms with Crippen molar-refractivity contribution in [3.8, 4) is 0 Å². The molecule has 9 nitrogen and oxygen atoms in total. The molecule has 0 atom stereocenters. The highest BCUT2D eigenvalue weighted by Crippen LogP contribution is 2.29.